The van der Waals surface area contributed by atoms with Crippen molar-refractivity contribution >= 4 is 5.69 Å². The zero-order valence-corrected chi connectivity index (χ0v) is 15.2. The van der Waals surface area contributed by atoms with E-state index in [-0.39, 0.29) is 11.6 Å². The number of hydrogen-bond acceptors (Lipinski definition) is 1. The van der Waals surface area contributed by atoms with Gasteiger partial charge in [-0.15, -0.1) is 0 Å². The van der Waals surface area contributed by atoms with E-state index in [9.17, 15) is 8.78 Å². The summed E-state index contributed by atoms with van der Waals surface area (Å²) in [7, 11) is 0. The standard InChI is InChI=1S/C24H23F2N/c25-21-11-9-18(10-12-21)5-4-8-20-17-27(23-15-13-22(26)14-16-23)24(20)19-6-2-1-3-7-19/h1-3,6-7,9-16,20,24H,4-5,8,17H2/t20-,24+/m0/s1. The fourth-order valence-corrected chi connectivity index (χ4v) is 4.05. The minimum Gasteiger partial charge on any atom is -0.364 e. The van der Waals surface area contributed by atoms with Crippen LogP contribution in [0.3, 0.4) is 0 Å². The minimum absolute atomic E-state index is 0.183. The van der Waals surface area contributed by atoms with Crippen LogP contribution in [0.25, 0.3) is 0 Å². The van der Waals surface area contributed by atoms with Crippen molar-refractivity contribution in [1.29, 1.82) is 0 Å². The molecule has 0 saturated carbocycles. The van der Waals surface area contributed by atoms with Crippen molar-refractivity contribution in [2.45, 2.75) is 25.3 Å². The number of halogens is 2. The van der Waals surface area contributed by atoms with Crippen LogP contribution in [-0.2, 0) is 6.42 Å². The first kappa shape index (κ1) is 17.7. The van der Waals surface area contributed by atoms with Gasteiger partial charge in [0.05, 0.1) is 6.04 Å². The van der Waals surface area contributed by atoms with Gasteiger partial charge in [-0.05, 0) is 66.8 Å². The van der Waals surface area contributed by atoms with E-state index in [0.29, 0.717) is 12.0 Å². The van der Waals surface area contributed by atoms with Crippen LogP contribution in [0, 0.1) is 17.6 Å². The normalized spacial score (nSPS) is 19.0. The zero-order valence-electron chi connectivity index (χ0n) is 15.2. The Hall–Kier alpha value is -2.68. The molecule has 1 aliphatic rings. The van der Waals surface area contributed by atoms with Crippen molar-refractivity contribution < 1.29 is 8.78 Å². The van der Waals surface area contributed by atoms with E-state index in [2.05, 4.69) is 29.2 Å². The number of rotatable bonds is 6. The third-order valence-corrected chi connectivity index (χ3v) is 5.47. The van der Waals surface area contributed by atoms with Crippen LogP contribution in [0.4, 0.5) is 14.5 Å². The third kappa shape index (κ3) is 4.02. The van der Waals surface area contributed by atoms with Crippen LogP contribution >= 0.6 is 0 Å². The Labute approximate surface area is 159 Å². The topological polar surface area (TPSA) is 3.24 Å². The van der Waals surface area contributed by atoms with Crippen molar-refractivity contribution in [1.82, 2.24) is 0 Å². The van der Waals surface area contributed by atoms with E-state index < -0.39 is 0 Å². The molecule has 1 fully saturated rings. The Kier molecular flexibility index (Phi) is 5.19. The fraction of sp³-hybridized carbons (Fsp3) is 0.250. The molecular formula is C24H23F2N. The van der Waals surface area contributed by atoms with Gasteiger partial charge >= 0.3 is 0 Å². The highest BCUT2D eigenvalue weighted by atomic mass is 19.1. The Morgan fingerprint density at radius 2 is 1.41 bits per heavy atom. The molecule has 3 heteroatoms. The molecule has 3 aromatic carbocycles. The van der Waals surface area contributed by atoms with Gasteiger partial charge in [-0.2, -0.15) is 0 Å². The molecule has 0 radical (unpaired) electrons. The molecule has 0 N–H and O–H groups in total. The molecule has 4 rings (SSSR count). The van der Waals surface area contributed by atoms with Crippen molar-refractivity contribution in [3.05, 3.63) is 102 Å². The summed E-state index contributed by atoms with van der Waals surface area (Å²) in [5.41, 5.74) is 3.56. The number of benzene rings is 3. The molecule has 1 aliphatic heterocycles. The summed E-state index contributed by atoms with van der Waals surface area (Å²) < 4.78 is 26.3. The molecule has 1 heterocycles. The van der Waals surface area contributed by atoms with Gasteiger partial charge < -0.3 is 4.90 Å². The Morgan fingerprint density at radius 3 is 2.07 bits per heavy atom. The van der Waals surface area contributed by atoms with E-state index in [1.807, 2.05) is 30.3 Å². The second-order valence-corrected chi connectivity index (χ2v) is 7.26. The number of nitrogens with zero attached hydrogens (tertiary/aromatic N) is 1. The van der Waals surface area contributed by atoms with Gasteiger partial charge in [-0.1, -0.05) is 42.5 Å². The van der Waals surface area contributed by atoms with E-state index in [1.54, 1.807) is 0 Å². The summed E-state index contributed by atoms with van der Waals surface area (Å²) in [4.78, 5) is 2.36. The molecule has 1 saturated heterocycles. The third-order valence-electron chi connectivity index (χ3n) is 5.47. The van der Waals surface area contributed by atoms with Gasteiger partial charge in [-0.25, -0.2) is 8.78 Å². The Balaban J connectivity index is 1.44. The maximum atomic E-state index is 13.3. The van der Waals surface area contributed by atoms with Crippen LogP contribution < -0.4 is 4.90 Å². The van der Waals surface area contributed by atoms with Gasteiger partial charge in [-0.3, -0.25) is 0 Å². The monoisotopic (exact) mass is 363 g/mol. The smallest absolute Gasteiger partial charge is 0.123 e. The van der Waals surface area contributed by atoms with E-state index in [4.69, 9.17) is 0 Å². The zero-order chi connectivity index (χ0) is 18.6. The molecular weight excluding hydrogens is 340 g/mol. The highest BCUT2D eigenvalue weighted by molar-refractivity contribution is 5.52. The first-order valence-electron chi connectivity index (χ1n) is 9.52. The van der Waals surface area contributed by atoms with Gasteiger partial charge in [0.1, 0.15) is 11.6 Å². The minimum atomic E-state index is -0.202. The highest BCUT2D eigenvalue weighted by Crippen LogP contribution is 2.44. The molecule has 0 aliphatic carbocycles. The number of aryl methyl sites for hydroxylation is 1. The fourth-order valence-electron chi connectivity index (χ4n) is 4.05. The number of anilines is 1. The predicted octanol–water partition coefficient (Wildman–Crippen LogP) is 6.17. The SMILES string of the molecule is Fc1ccc(CCC[C@H]2CN(c3ccc(F)cc3)[C@@H]2c2ccccc2)cc1. The molecule has 0 aromatic heterocycles. The lowest BCUT2D eigenvalue weighted by Crippen LogP contribution is -2.49. The predicted molar refractivity (Wildman–Crippen MR) is 106 cm³/mol. The van der Waals surface area contributed by atoms with Crippen LogP contribution in [0.1, 0.15) is 30.0 Å². The summed E-state index contributed by atoms with van der Waals surface area (Å²) in [5, 5.41) is 0. The summed E-state index contributed by atoms with van der Waals surface area (Å²) >= 11 is 0. The second kappa shape index (κ2) is 7.91. The van der Waals surface area contributed by atoms with Crippen molar-refractivity contribution in [2.75, 3.05) is 11.4 Å². The largest absolute Gasteiger partial charge is 0.364 e. The van der Waals surface area contributed by atoms with Crippen molar-refractivity contribution in [3.8, 4) is 0 Å². The average molecular weight is 363 g/mol. The summed E-state index contributed by atoms with van der Waals surface area (Å²) in [6, 6.07) is 24.4. The van der Waals surface area contributed by atoms with Crippen LogP contribution in [0.5, 0.6) is 0 Å². The first-order chi connectivity index (χ1) is 13.2. The van der Waals surface area contributed by atoms with Crippen molar-refractivity contribution in [3.63, 3.8) is 0 Å². The van der Waals surface area contributed by atoms with E-state index in [0.717, 1.165) is 31.5 Å². The second-order valence-electron chi connectivity index (χ2n) is 7.26. The molecule has 0 bridgehead atoms. The molecule has 0 unspecified atom stereocenters. The lowest BCUT2D eigenvalue weighted by Gasteiger charge is -2.50. The molecule has 1 nitrogen and oxygen atoms in total. The molecule has 138 valence electrons. The van der Waals surface area contributed by atoms with Gasteiger partial charge in [0.15, 0.2) is 0 Å². The van der Waals surface area contributed by atoms with Crippen LogP contribution in [0.2, 0.25) is 0 Å². The number of hydrogen-bond donors (Lipinski definition) is 0. The Morgan fingerprint density at radius 1 is 0.778 bits per heavy atom. The maximum Gasteiger partial charge on any atom is 0.123 e. The van der Waals surface area contributed by atoms with Crippen LogP contribution in [0.15, 0.2) is 78.9 Å². The molecule has 3 aromatic rings. The van der Waals surface area contributed by atoms with Crippen molar-refractivity contribution in [2.24, 2.45) is 5.92 Å². The lowest BCUT2D eigenvalue weighted by molar-refractivity contribution is 0.274. The molecule has 27 heavy (non-hydrogen) atoms. The average Bonchev–Trinajstić information content (AvgIpc) is 2.67. The molecule has 0 spiro atoms. The van der Waals surface area contributed by atoms with E-state index in [1.165, 1.54) is 35.4 Å². The van der Waals surface area contributed by atoms with Gasteiger partial charge in [0.25, 0.3) is 0 Å². The molecule has 0 amide bonds. The summed E-state index contributed by atoms with van der Waals surface area (Å²) in [5.74, 6) is 0.182. The van der Waals surface area contributed by atoms with Gasteiger partial charge in [0.2, 0.25) is 0 Å². The Bertz CT molecular complexity index is 859. The van der Waals surface area contributed by atoms with Crippen LogP contribution in [-0.4, -0.2) is 6.54 Å². The summed E-state index contributed by atoms with van der Waals surface area (Å²) in [6.07, 6.45) is 3.17. The quantitative estimate of drug-likeness (QED) is 0.506. The lowest BCUT2D eigenvalue weighted by atomic mass is 9.79. The maximum absolute atomic E-state index is 13.3. The van der Waals surface area contributed by atoms with Gasteiger partial charge in [0, 0.05) is 18.2 Å². The highest BCUT2D eigenvalue weighted by Gasteiger charge is 2.39. The molecule has 2 atom stereocenters. The first-order valence-corrected chi connectivity index (χ1v) is 9.52. The summed E-state index contributed by atoms with van der Waals surface area (Å²) in [6.45, 7) is 0.981. The van der Waals surface area contributed by atoms with E-state index >= 15 is 0 Å².